The van der Waals surface area contributed by atoms with Gasteiger partial charge in [0.05, 0.1) is 0 Å². The molecule has 5 heteroatoms. The zero-order chi connectivity index (χ0) is 18.1. The fourth-order valence-corrected chi connectivity index (χ4v) is 27.3. The van der Waals surface area contributed by atoms with Gasteiger partial charge in [-0.25, -0.2) is 0 Å². The molecule has 0 spiro atoms. The number of hydrogen-bond acceptors (Lipinski definition) is 2. The van der Waals surface area contributed by atoms with Crippen molar-refractivity contribution < 1.29 is 4.43 Å². The predicted molar refractivity (Wildman–Crippen MR) is 115 cm³/mol. The molecule has 0 aliphatic heterocycles. The molecule has 140 valence electrons. The molecule has 0 aliphatic carbocycles. The first-order chi connectivity index (χ1) is 10.9. The summed E-state index contributed by atoms with van der Waals surface area (Å²) in [5.41, 5.74) is 0. The van der Waals surface area contributed by atoms with Crippen LogP contribution in [0.1, 0.15) is 68.7 Å². The second-order valence-electron chi connectivity index (χ2n) is 7.37. The SMILES string of the molecule is CCC[SiH](OC(C)C)N([Si](CC)(CC)CC)[Si](CC)(CC)CC. The van der Waals surface area contributed by atoms with Gasteiger partial charge in [0.15, 0.2) is 0 Å². The van der Waals surface area contributed by atoms with Gasteiger partial charge in [-0.1, -0.05) is 54.9 Å². The Hall–Kier alpha value is 0.571. The topological polar surface area (TPSA) is 12.5 Å². The highest BCUT2D eigenvalue weighted by Gasteiger charge is 2.50. The van der Waals surface area contributed by atoms with Crippen molar-refractivity contribution in [3.8, 4) is 0 Å². The number of rotatable bonds is 13. The molecule has 0 N–H and O–H groups in total. The van der Waals surface area contributed by atoms with E-state index in [0.717, 1.165) is 0 Å². The Morgan fingerprint density at radius 1 is 0.739 bits per heavy atom. The summed E-state index contributed by atoms with van der Waals surface area (Å²) in [6.07, 6.45) is 1.67. The summed E-state index contributed by atoms with van der Waals surface area (Å²) in [5, 5.41) is 0. The fraction of sp³-hybridized carbons (Fsp3) is 1.00. The number of hydrogen-bond donors (Lipinski definition) is 0. The van der Waals surface area contributed by atoms with Crippen molar-refractivity contribution in [2.45, 2.75) is 117 Å². The van der Waals surface area contributed by atoms with E-state index in [1.54, 1.807) is 0 Å². The van der Waals surface area contributed by atoms with Crippen LogP contribution >= 0.6 is 0 Å². The van der Waals surface area contributed by atoms with Crippen LogP contribution < -0.4 is 0 Å². The summed E-state index contributed by atoms with van der Waals surface area (Å²) in [5.74, 6) is 0. The molecule has 0 bridgehead atoms. The molecule has 0 heterocycles. The molecule has 0 amide bonds. The highest BCUT2D eigenvalue weighted by Crippen LogP contribution is 2.38. The largest absolute Gasteiger partial charge is 0.404 e. The van der Waals surface area contributed by atoms with E-state index in [9.17, 15) is 0 Å². The maximum atomic E-state index is 6.71. The average Bonchev–Trinajstić information content (AvgIpc) is 2.56. The van der Waals surface area contributed by atoms with Gasteiger partial charge in [0, 0.05) is 6.10 Å². The van der Waals surface area contributed by atoms with E-state index < -0.39 is 25.7 Å². The lowest BCUT2D eigenvalue weighted by Crippen LogP contribution is -2.71. The summed E-state index contributed by atoms with van der Waals surface area (Å²) < 4.78 is 9.96. The van der Waals surface area contributed by atoms with Gasteiger partial charge >= 0.3 is 0 Å². The van der Waals surface area contributed by atoms with Gasteiger partial charge in [0.2, 0.25) is 9.20 Å². The minimum atomic E-state index is -1.38. The maximum Gasteiger partial charge on any atom is 0.242 e. The molecule has 1 unspecified atom stereocenters. The standard InChI is InChI=1S/C18H45NOSi3/c1-10-17-21(20-18(8)9)19(22(11-2,12-3)13-4)23(14-5,15-6)16-7/h18,21H,10-17H2,1-9H3. The second-order valence-corrected chi connectivity index (χ2v) is 21.2. The van der Waals surface area contributed by atoms with Gasteiger partial charge in [-0.3, -0.25) is 0 Å². The highest BCUT2D eigenvalue weighted by molar-refractivity contribution is 7.00. The summed E-state index contributed by atoms with van der Waals surface area (Å²) in [4.78, 5) is 0. The van der Waals surface area contributed by atoms with Crippen LogP contribution in [-0.2, 0) is 4.43 Å². The van der Waals surface area contributed by atoms with Crippen molar-refractivity contribution in [1.82, 2.24) is 3.90 Å². The molecular weight excluding hydrogens is 330 g/mol. The maximum absolute atomic E-state index is 6.71. The normalized spacial score (nSPS) is 14.7. The first-order valence-corrected chi connectivity index (χ1v) is 17.3. The Bertz CT molecular complexity index is 268. The van der Waals surface area contributed by atoms with Crippen LogP contribution in [-0.4, -0.2) is 35.7 Å². The van der Waals surface area contributed by atoms with E-state index in [1.165, 1.54) is 48.7 Å². The predicted octanol–water partition coefficient (Wildman–Crippen LogP) is 6.35. The summed E-state index contributed by atoms with van der Waals surface area (Å²) in [7, 11) is -4.07. The van der Waals surface area contributed by atoms with Crippen LogP contribution in [0.2, 0.25) is 42.3 Å². The third-order valence-electron chi connectivity index (χ3n) is 6.22. The van der Waals surface area contributed by atoms with Gasteiger partial charge in [0.25, 0.3) is 0 Å². The Morgan fingerprint density at radius 3 is 1.30 bits per heavy atom. The first-order valence-electron chi connectivity index (χ1n) is 10.3. The molecule has 0 aromatic carbocycles. The summed E-state index contributed by atoms with van der Waals surface area (Å²) in [6, 6.07) is 9.77. The average molecular weight is 376 g/mol. The molecule has 23 heavy (non-hydrogen) atoms. The van der Waals surface area contributed by atoms with Gasteiger partial charge in [-0.2, -0.15) is 0 Å². The minimum Gasteiger partial charge on any atom is -0.404 e. The van der Waals surface area contributed by atoms with E-state index in [0.29, 0.717) is 6.10 Å². The Kier molecular flexibility index (Phi) is 11.5. The van der Waals surface area contributed by atoms with Crippen molar-refractivity contribution in [3.63, 3.8) is 0 Å². The van der Waals surface area contributed by atoms with Crippen LogP contribution in [0.3, 0.4) is 0 Å². The highest BCUT2D eigenvalue weighted by atomic mass is 28.5. The molecule has 0 saturated carbocycles. The van der Waals surface area contributed by atoms with Crippen molar-refractivity contribution in [3.05, 3.63) is 0 Å². The van der Waals surface area contributed by atoms with Gasteiger partial charge in [-0.05, 0) is 56.2 Å². The second kappa shape index (κ2) is 11.2. The van der Waals surface area contributed by atoms with Gasteiger partial charge in [0.1, 0.15) is 16.5 Å². The fourth-order valence-electron chi connectivity index (χ4n) is 4.46. The van der Waals surface area contributed by atoms with Crippen molar-refractivity contribution in [2.75, 3.05) is 0 Å². The molecule has 0 fully saturated rings. The Labute approximate surface area is 151 Å². The third kappa shape index (κ3) is 5.53. The van der Waals surface area contributed by atoms with Crippen molar-refractivity contribution in [1.29, 1.82) is 0 Å². The van der Waals surface area contributed by atoms with Crippen LogP contribution in [0.4, 0.5) is 0 Å². The van der Waals surface area contributed by atoms with E-state index in [4.69, 9.17) is 4.43 Å². The van der Waals surface area contributed by atoms with Gasteiger partial charge < -0.3 is 8.32 Å². The van der Waals surface area contributed by atoms with E-state index in [1.807, 2.05) is 0 Å². The summed E-state index contributed by atoms with van der Waals surface area (Å²) >= 11 is 0. The zero-order valence-electron chi connectivity index (χ0n) is 17.7. The Balaban J connectivity index is 6.12. The molecule has 0 aromatic rings. The van der Waals surface area contributed by atoms with E-state index >= 15 is 0 Å². The molecule has 0 saturated heterocycles. The molecule has 1 atom stereocenters. The minimum absolute atomic E-state index is 0.384. The van der Waals surface area contributed by atoms with Gasteiger partial charge in [-0.15, -0.1) is 0 Å². The quantitative estimate of drug-likeness (QED) is 0.347. The molecule has 0 radical (unpaired) electrons. The lowest BCUT2D eigenvalue weighted by Gasteiger charge is -2.55. The van der Waals surface area contributed by atoms with Crippen LogP contribution in [0, 0.1) is 0 Å². The molecule has 0 rings (SSSR count). The summed E-state index contributed by atoms with van der Waals surface area (Å²) in [6.45, 7) is 21.7. The zero-order valence-corrected chi connectivity index (χ0v) is 20.8. The molecular formula is C18H45NOSi3. The lowest BCUT2D eigenvalue weighted by molar-refractivity contribution is 0.228. The van der Waals surface area contributed by atoms with Crippen molar-refractivity contribution in [2.24, 2.45) is 0 Å². The molecule has 0 aromatic heterocycles. The molecule has 0 aliphatic rings. The van der Waals surface area contributed by atoms with Crippen LogP contribution in [0.15, 0.2) is 0 Å². The third-order valence-corrected chi connectivity index (χ3v) is 26.5. The van der Waals surface area contributed by atoms with Crippen LogP contribution in [0.5, 0.6) is 0 Å². The van der Waals surface area contributed by atoms with E-state index in [-0.39, 0.29) is 0 Å². The molecule has 2 nitrogen and oxygen atoms in total. The van der Waals surface area contributed by atoms with Crippen molar-refractivity contribution >= 4 is 25.7 Å². The first kappa shape index (κ1) is 23.6. The lowest BCUT2D eigenvalue weighted by atomic mass is 10.5. The smallest absolute Gasteiger partial charge is 0.242 e. The number of nitrogens with zero attached hydrogens (tertiary/aromatic N) is 1. The monoisotopic (exact) mass is 375 g/mol. The Morgan fingerprint density at radius 2 is 1.09 bits per heavy atom. The van der Waals surface area contributed by atoms with Crippen LogP contribution in [0.25, 0.3) is 0 Å². The van der Waals surface area contributed by atoms with E-state index in [2.05, 4.69) is 66.2 Å².